The fraction of sp³-hybridized carbons (Fsp3) is 0.462. The van der Waals surface area contributed by atoms with Crippen molar-refractivity contribution in [1.82, 2.24) is 5.32 Å². The molecule has 0 bridgehead atoms. The number of nitrogens with one attached hydrogen (secondary N) is 1. The Bertz CT molecular complexity index is 687. The lowest BCUT2D eigenvalue weighted by Crippen LogP contribution is -2.40. The molecule has 0 saturated heterocycles. The zero-order chi connectivity index (χ0) is 15.8. The first-order chi connectivity index (χ1) is 9.62. The standard InChI is InChI=1S/C13H16BrFN2O3S/c1-13(3-2-4-13)7-17-12(18)9-5-8(15)6-10(11(9)14)21(16,19)20/h5-6H,2-4,7H2,1H3,(H,17,18)(H2,16,19,20). The second kappa shape index (κ2) is 5.66. The van der Waals surface area contributed by atoms with Crippen LogP contribution < -0.4 is 10.5 Å². The van der Waals surface area contributed by atoms with Crippen molar-refractivity contribution in [1.29, 1.82) is 0 Å². The molecule has 0 spiro atoms. The third kappa shape index (κ3) is 3.61. The van der Waals surface area contributed by atoms with Gasteiger partial charge in [-0.05, 0) is 46.3 Å². The maximum atomic E-state index is 13.5. The Morgan fingerprint density at radius 3 is 2.57 bits per heavy atom. The van der Waals surface area contributed by atoms with Crippen molar-refractivity contribution >= 4 is 31.9 Å². The zero-order valence-electron chi connectivity index (χ0n) is 11.4. The van der Waals surface area contributed by atoms with Gasteiger partial charge < -0.3 is 5.32 Å². The molecule has 0 aliphatic heterocycles. The summed E-state index contributed by atoms with van der Waals surface area (Å²) in [7, 11) is -4.12. The Morgan fingerprint density at radius 1 is 1.48 bits per heavy atom. The van der Waals surface area contributed by atoms with E-state index in [1.807, 2.05) is 0 Å². The molecule has 0 radical (unpaired) electrons. The molecule has 0 atom stereocenters. The summed E-state index contributed by atoms with van der Waals surface area (Å²) in [6, 6.07) is 1.76. The minimum Gasteiger partial charge on any atom is -0.351 e. The summed E-state index contributed by atoms with van der Waals surface area (Å²) < 4.78 is 36.3. The minimum absolute atomic E-state index is 0.0253. The van der Waals surface area contributed by atoms with E-state index >= 15 is 0 Å². The average Bonchev–Trinajstić information content (AvgIpc) is 2.34. The summed E-state index contributed by atoms with van der Waals surface area (Å²) in [6.45, 7) is 2.53. The van der Waals surface area contributed by atoms with E-state index in [0.717, 1.165) is 31.4 Å². The molecule has 1 aliphatic carbocycles. The lowest BCUT2D eigenvalue weighted by molar-refractivity contribution is 0.0889. The van der Waals surface area contributed by atoms with E-state index in [1.165, 1.54) is 0 Å². The SMILES string of the molecule is CC1(CNC(=O)c2cc(F)cc(S(N)(=O)=O)c2Br)CCC1. The van der Waals surface area contributed by atoms with Crippen LogP contribution in [0.2, 0.25) is 0 Å². The van der Waals surface area contributed by atoms with Crippen molar-refractivity contribution in [3.8, 4) is 0 Å². The quantitative estimate of drug-likeness (QED) is 0.840. The number of carbonyl (C=O) groups is 1. The van der Waals surface area contributed by atoms with Crippen LogP contribution in [0.15, 0.2) is 21.5 Å². The number of halogens is 2. The highest BCUT2D eigenvalue weighted by molar-refractivity contribution is 9.10. The van der Waals surface area contributed by atoms with Gasteiger partial charge in [-0.2, -0.15) is 0 Å². The highest BCUT2D eigenvalue weighted by atomic mass is 79.9. The molecule has 1 aromatic rings. The Labute approximate surface area is 131 Å². The molecule has 1 saturated carbocycles. The number of hydrogen-bond donors (Lipinski definition) is 2. The van der Waals surface area contributed by atoms with Crippen LogP contribution in [0, 0.1) is 11.2 Å². The lowest BCUT2D eigenvalue weighted by Gasteiger charge is -2.38. The molecular weight excluding hydrogens is 363 g/mol. The number of amides is 1. The van der Waals surface area contributed by atoms with E-state index in [2.05, 4.69) is 28.2 Å². The van der Waals surface area contributed by atoms with E-state index in [1.54, 1.807) is 0 Å². The van der Waals surface area contributed by atoms with Crippen LogP contribution in [0.1, 0.15) is 36.5 Å². The molecule has 1 amide bonds. The second-order valence-corrected chi connectivity index (χ2v) is 7.98. The fourth-order valence-electron chi connectivity index (χ4n) is 2.28. The van der Waals surface area contributed by atoms with Crippen LogP contribution in [-0.4, -0.2) is 20.9 Å². The van der Waals surface area contributed by atoms with Gasteiger partial charge in [0.1, 0.15) is 5.82 Å². The molecule has 1 aliphatic rings. The number of carbonyl (C=O) groups excluding carboxylic acids is 1. The molecule has 1 aromatic carbocycles. The van der Waals surface area contributed by atoms with E-state index in [9.17, 15) is 17.6 Å². The average molecular weight is 379 g/mol. The highest BCUT2D eigenvalue weighted by Gasteiger charge is 2.32. The summed E-state index contributed by atoms with van der Waals surface area (Å²) in [6.07, 6.45) is 3.19. The molecular formula is C13H16BrFN2O3S. The third-order valence-corrected chi connectivity index (χ3v) is 5.84. The van der Waals surface area contributed by atoms with E-state index in [-0.39, 0.29) is 15.5 Å². The molecule has 0 aromatic heterocycles. The van der Waals surface area contributed by atoms with Gasteiger partial charge in [-0.25, -0.2) is 17.9 Å². The topological polar surface area (TPSA) is 89.3 Å². The van der Waals surface area contributed by atoms with Gasteiger partial charge in [-0.1, -0.05) is 13.3 Å². The van der Waals surface area contributed by atoms with Gasteiger partial charge in [0.15, 0.2) is 0 Å². The molecule has 0 heterocycles. The Morgan fingerprint density at radius 2 is 2.10 bits per heavy atom. The van der Waals surface area contributed by atoms with Gasteiger partial charge in [0, 0.05) is 6.54 Å². The maximum absolute atomic E-state index is 13.5. The first kappa shape index (κ1) is 16.4. The van der Waals surface area contributed by atoms with Gasteiger partial charge in [-0.3, -0.25) is 4.79 Å². The molecule has 1 fully saturated rings. The summed E-state index contributed by atoms with van der Waals surface area (Å²) in [5.74, 6) is -1.36. The van der Waals surface area contributed by atoms with Crippen molar-refractivity contribution in [2.45, 2.75) is 31.1 Å². The van der Waals surface area contributed by atoms with Crippen LogP contribution in [0.3, 0.4) is 0 Å². The normalized spacial score (nSPS) is 17.1. The second-order valence-electron chi connectivity index (χ2n) is 5.66. The predicted octanol–water partition coefficient (Wildman–Crippen LogP) is 2.16. The number of primary sulfonamides is 1. The minimum atomic E-state index is -4.12. The molecule has 5 nitrogen and oxygen atoms in total. The smallest absolute Gasteiger partial charge is 0.252 e. The fourth-order valence-corrected chi connectivity index (χ4v) is 4.00. The number of nitrogens with two attached hydrogens (primary N) is 1. The van der Waals surface area contributed by atoms with E-state index in [4.69, 9.17) is 5.14 Å². The Kier molecular flexibility index (Phi) is 4.41. The summed E-state index contributed by atoms with van der Waals surface area (Å²) in [4.78, 5) is 11.7. The third-order valence-electron chi connectivity index (χ3n) is 3.79. The van der Waals surface area contributed by atoms with E-state index in [0.29, 0.717) is 6.54 Å². The monoisotopic (exact) mass is 378 g/mol. The lowest BCUT2D eigenvalue weighted by atomic mass is 9.70. The van der Waals surface area contributed by atoms with Crippen molar-refractivity contribution in [2.24, 2.45) is 10.6 Å². The molecule has 21 heavy (non-hydrogen) atoms. The van der Waals surface area contributed by atoms with Gasteiger partial charge in [0.25, 0.3) is 5.91 Å². The van der Waals surface area contributed by atoms with Gasteiger partial charge in [0.05, 0.1) is 14.9 Å². The van der Waals surface area contributed by atoms with Gasteiger partial charge >= 0.3 is 0 Å². The molecule has 116 valence electrons. The first-order valence-corrected chi connectivity index (χ1v) is 8.76. The van der Waals surface area contributed by atoms with Crippen molar-refractivity contribution in [3.63, 3.8) is 0 Å². The van der Waals surface area contributed by atoms with Crippen LogP contribution >= 0.6 is 15.9 Å². The predicted molar refractivity (Wildman–Crippen MR) is 79.8 cm³/mol. The molecule has 0 unspecified atom stereocenters. The van der Waals surface area contributed by atoms with Crippen molar-refractivity contribution < 1.29 is 17.6 Å². The van der Waals surface area contributed by atoms with Crippen LogP contribution in [-0.2, 0) is 10.0 Å². The van der Waals surface area contributed by atoms with Gasteiger partial charge in [0.2, 0.25) is 10.0 Å². The Hall–Kier alpha value is -0.990. The van der Waals surface area contributed by atoms with E-state index < -0.39 is 26.6 Å². The maximum Gasteiger partial charge on any atom is 0.252 e. The molecule has 8 heteroatoms. The number of benzene rings is 1. The summed E-state index contributed by atoms with van der Waals surface area (Å²) in [5, 5.41) is 7.73. The summed E-state index contributed by atoms with van der Waals surface area (Å²) >= 11 is 3.02. The summed E-state index contributed by atoms with van der Waals surface area (Å²) in [5.41, 5.74) is -0.0138. The largest absolute Gasteiger partial charge is 0.351 e. The number of hydrogen-bond acceptors (Lipinski definition) is 3. The van der Waals surface area contributed by atoms with Crippen molar-refractivity contribution in [3.05, 3.63) is 28.0 Å². The van der Waals surface area contributed by atoms with Crippen LogP contribution in [0.4, 0.5) is 4.39 Å². The molecule has 3 N–H and O–H groups in total. The zero-order valence-corrected chi connectivity index (χ0v) is 13.9. The van der Waals surface area contributed by atoms with Gasteiger partial charge in [-0.15, -0.1) is 0 Å². The molecule has 2 rings (SSSR count). The first-order valence-electron chi connectivity index (χ1n) is 6.42. The van der Waals surface area contributed by atoms with Crippen molar-refractivity contribution in [2.75, 3.05) is 6.54 Å². The number of sulfonamides is 1. The highest BCUT2D eigenvalue weighted by Crippen LogP contribution is 2.39. The van der Waals surface area contributed by atoms with Crippen LogP contribution in [0.25, 0.3) is 0 Å². The van der Waals surface area contributed by atoms with Crippen LogP contribution in [0.5, 0.6) is 0 Å². The Balaban J connectivity index is 2.26. The number of rotatable bonds is 4.